The summed E-state index contributed by atoms with van der Waals surface area (Å²) in [6.07, 6.45) is 2.55. The average molecular weight is 197 g/mol. The molecule has 1 unspecified atom stereocenters. The number of nitrogens with zero attached hydrogens (tertiary/aromatic N) is 2. The number of aromatic amines is 1. The van der Waals surface area contributed by atoms with Crippen LogP contribution < -0.4 is 11.1 Å². The zero-order chi connectivity index (χ0) is 10.4. The Labute approximate surface area is 82.3 Å². The van der Waals surface area contributed by atoms with Crippen LogP contribution in [0, 0.1) is 0 Å². The highest BCUT2D eigenvalue weighted by molar-refractivity contribution is 5.75. The molecule has 1 aromatic rings. The standard InChI is InChI=1S/C8H15N5O/c1-6(9)2-3-8(14)10-4-7-11-5-12-13-7/h5-6H,2-4,9H2,1H3,(H,10,14)(H,11,12,13). The Morgan fingerprint density at radius 3 is 3.14 bits per heavy atom. The van der Waals surface area contributed by atoms with E-state index in [0.717, 1.165) is 0 Å². The zero-order valence-electron chi connectivity index (χ0n) is 8.16. The normalized spacial score (nSPS) is 12.4. The molecule has 0 saturated carbocycles. The maximum atomic E-state index is 11.2. The van der Waals surface area contributed by atoms with Gasteiger partial charge in [0, 0.05) is 12.5 Å². The van der Waals surface area contributed by atoms with Crippen molar-refractivity contribution < 1.29 is 4.79 Å². The average Bonchev–Trinajstić information content (AvgIpc) is 2.63. The first-order valence-electron chi connectivity index (χ1n) is 4.55. The molecule has 6 nitrogen and oxygen atoms in total. The minimum absolute atomic E-state index is 0.0151. The Kier molecular flexibility index (Phi) is 4.06. The molecule has 1 rings (SSSR count). The van der Waals surface area contributed by atoms with Gasteiger partial charge in [0.05, 0.1) is 6.54 Å². The lowest BCUT2D eigenvalue weighted by Gasteiger charge is -2.04. The molecule has 4 N–H and O–H groups in total. The summed E-state index contributed by atoms with van der Waals surface area (Å²) >= 11 is 0. The summed E-state index contributed by atoms with van der Waals surface area (Å²) in [7, 11) is 0. The second-order valence-electron chi connectivity index (χ2n) is 3.22. The minimum atomic E-state index is -0.0151. The maximum Gasteiger partial charge on any atom is 0.220 e. The summed E-state index contributed by atoms with van der Waals surface area (Å²) in [5, 5.41) is 9.04. The molecule has 0 spiro atoms. The number of nitrogens with one attached hydrogen (secondary N) is 2. The Balaban J connectivity index is 2.15. The van der Waals surface area contributed by atoms with E-state index < -0.39 is 0 Å². The summed E-state index contributed by atoms with van der Waals surface area (Å²) in [4.78, 5) is 15.1. The van der Waals surface area contributed by atoms with Gasteiger partial charge in [0.2, 0.25) is 5.91 Å². The van der Waals surface area contributed by atoms with Gasteiger partial charge >= 0.3 is 0 Å². The van der Waals surface area contributed by atoms with E-state index in [2.05, 4.69) is 20.5 Å². The van der Waals surface area contributed by atoms with E-state index in [0.29, 0.717) is 25.2 Å². The Hall–Kier alpha value is -1.43. The quantitative estimate of drug-likeness (QED) is 0.595. The fraction of sp³-hybridized carbons (Fsp3) is 0.625. The summed E-state index contributed by atoms with van der Waals surface area (Å²) in [6, 6.07) is 0.0611. The smallest absolute Gasteiger partial charge is 0.220 e. The number of rotatable bonds is 5. The molecule has 78 valence electrons. The maximum absolute atomic E-state index is 11.2. The summed E-state index contributed by atoms with van der Waals surface area (Å²) in [5.74, 6) is 0.637. The van der Waals surface area contributed by atoms with E-state index in [1.54, 1.807) is 0 Å². The van der Waals surface area contributed by atoms with Crippen LogP contribution in [0.5, 0.6) is 0 Å². The second kappa shape index (κ2) is 5.33. The van der Waals surface area contributed by atoms with Crippen LogP contribution in [-0.2, 0) is 11.3 Å². The molecule has 0 bridgehead atoms. The number of amides is 1. The third-order valence-electron chi connectivity index (χ3n) is 1.74. The molecule has 0 radical (unpaired) electrons. The number of nitrogens with two attached hydrogens (primary N) is 1. The van der Waals surface area contributed by atoms with Crippen molar-refractivity contribution in [3.05, 3.63) is 12.2 Å². The number of carbonyl (C=O) groups excluding carboxylic acids is 1. The number of hydrogen-bond donors (Lipinski definition) is 3. The molecule has 0 aliphatic rings. The second-order valence-corrected chi connectivity index (χ2v) is 3.22. The van der Waals surface area contributed by atoms with Crippen molar-refractivity contribution in [1.29, 1.82) is 0 Å². The van der Waals surface area contributed by atoms with Gasteiger partial charge < -0.3 is 11.1 Å². The van der Waals surface area contributed by atoms with Crippen molar-refractivity contribution in [2.24, 2.45) is 5.73 Å². The van der Waals surface area contributed by atoms with Gasteiger partial charge in [-0.05, 0) is 13.3 Å². The SMILES string of the molecule is CC(N)CCC(=O)NCc1ncn[nH]1. The molecule has 14 heavy (non-hydrogen) atoms. The molecule has 0 aromatic carbocycles. The lowest BCUT2D eigenvalue weighted by molar-refractivity contribution is -0.121. The third-order valence-corrected chi connectivity index (χ3v) is 1.74. The molecule has 0 fully saturated rings. The molecule has 0 aliphatic carbocycles. The molecule has 1 atom stereocenters. The Morgan fingerprint density at radius 1 is 1.79 bits per heavy atom. The highest BCUT2D eigenvalue weighted by atomic mass is 16.1. The Bertz CT molecular complexity index is 269. The van der Waals surface area contributed by atoms with Gasteiger partial charge in [0.1, 0.15) is 12.2 Å². The molecular formula is C8H15N5O. The van der Waals surface area contributed by atoms with Crippen molar-refractivity contribution in [3.63, 3.8) is 0 Å². The number of hydrogen-bond acceptors (Lipinski definition) is 4. The van der Waals surface area contributed by atoms with Crippen LogP contribution in [0.15, 0.2) is 6.33 Å². The van der Waals surface area contributed by atoms with Crippen molar-refractivity contribution in [2.45, 2.75) is 32.4 Å². The van der Waals surface area contributed by atoms with Crippen LogP contribution in [0.3, 0.4) is 0 Å². The van der Waals surface area contributed by atoms with Gasteiger partial charge in [-0.1, -0.05) is 0 Å². The molecule has 1 amide bonds. The van der Waals surface area contributed by atoms with E-state index in [9.17, 15) is 4.79 Å². The fourth-order valence-electron chi connectivity index (χ4n) is 0.945. The van der Waals surface area contributed by atoms with E-state index in [-0.39, 0.29) is 11.9 Å². The number of H-pyrrole nitrogens is 1. The molecule has 1 heterocycles. The van der Waals surface area contributed by atoms with Gasteiger partial charge in [0.15, 0.2) is 0 Å². The molecule has 6 heteroatoms. The van der Waals surface area contributed by atoms with Gasteiger partial charge in [-0.2, -0.15) is 5.10 Å². The number of aromatic nitrogens is 3. The lowest BCUT2D eigenvalue weighted by atomic mass is 10.2. The summed E-state index contributed by atoms with van der Waals surface area (Å²) < 4.78 is 0. The van der Waals surface area contributed by atoms with Crippen molar-refractivity contribution in [1.82, 2.24) is 20.5 Å². The largest absolute Gasteiger partial charge is 0.349 e. The molecule has 0 saturated heterocycles. The van der Waals surface area contributed by atoms with E-state index in [1.807, 2.05) is 6.92 Å². The molecular weight excluding hydrogens is 182 g/mol. The highest BCUT2D eigenvalue weighted by Crippen LogP contribution is 1.93. The fourth-order valence-corrected chi connectivity index (χ4v) is 0.945. The molecule has 0 aliphatic heterocycles. The van der Waals surface area contributed by atoms with E-state index in [1.165, 1.54) is 6.33 Å². The van der Waals surface area contributed by atoms with Gasteiger partial charge in [-0.3, -0.25) is 9.89 Å². The minimum Gasteiger partial charge on any atom is -0.349 e. The van der Waals surface area contributed by atoms with Crippen LogP contribution in [-0.4, -0.2) is 27.1 Å². The Morgan fingerprint density at radius 2 is 2.57 bits per heavy atom. The monoisotopic (exact) mass is 197 g/mol. The van der Waals surface area contributed by atoms with Crippen LogP contribution in [0.4, 0.5) is 0 Å². The predicted octanol–water partition coefficient (Wildman–Crippen LogP) is -0.452. The third kappa shape index (κ3) is 3.99. The first-order chi connectivity index (χ1) is 6.68. The van der Waals surface area contributed by atoms with Crippen molar-refractivity contribution in [3.8, 4) is 0 Å². The van der Waals surface area contributed by atoms with Crippen LogP contribution in [0.25, 0.3) is 0 Å². The first-order valence-corrected chi connectivity index (χ1v) is 4.55. The van der Waals surface area contributed by atoms with Crippen molar-refractivity contribution >= 4 is 5.91 Å². The van der Waals surface area contributed by atoms with Gasteiger partial charge in [-0.25, -0.2) is 4.98 Å². The van der Waals surface area contributed by atoms with Gasteiger partial charge in [-0.15, -0.1) is 0 Å². The van der Waals surface area contributed by atoms with Gasteiger partial charge in [0.25, 0.3) is 0 Å². The van der Waals surface area contributed by atoms with E-state index in [4.69, 9.17) is 5.73 Å². The first kappa shape index (κ1) is 10.6. The van der Waals surface area contributed by atoms with Crippen LogP contribution >= 0.6 is 0 Å². The van der Waals surface area contributed by atoms with Crippen LogP contribution in [0.2, 0.25) is 0 Å². The number of carbonyl (C=O) groups is 1. The predicted molar refractivity (Wildman–Crippen MR) is 51.1 cm³/mol. The van der Waals surface area contributed by atoms with Crippen molar-refractivity contribution in [2.75, 3.05) is 0 Å². The summed E-state index contributed by atoms with van der Waals surface area (Å²) in [6.45, 7) is 2.27. The molecule has 1 aromatic heterocycles. The zero-order valence-corrected chi connectivity index (χ0v) is 8.16. The lowest BCUT2D eigenvalue weighted by Crippen LogP contribution is -2.25. The summed E-state index contributed by atoms with van der Waals surface area (Å²) in [5.41, 5.74) is 5.52. The highest BCUT2D eigenvalue weighted by Gasteiger charge is 2.03. The van der Waals surface area contributed by atoms with Crippen LogP contribution in [0.1, 0.15) is 25.6 Å². The topological polar surface area (TPSA) is 96.7 Å². The van der Waals surface area contributed by atoms with E-state index >= 15 is 0 Å².